The first-order valence-electron chi connectivity index (χ1n) is 5.63. The van der Waals surface area contributed by atoms with Crippen molar-refractivity contribution >= 4 is 0 Å². The van der Waals surface area contributed by atoms with E-state index in [-0.39, 0.29) is 0 Å². The molecule has 1 unspecified atom stereocenters. The Morgan fingerprint density at radius 3 is 2.35 bits per heavy atom. The fraction of sp³-hybridized carbons (Fsp3) is 0.538. The van der Waals surface area contributed by atoms with E-state index in [9.17, 15) is 5.11 Å². The normalized spacial score (nSPS) is 12.6. The van der Waals surface area contributed by atoms with Gasteiger partial charge in [-0.15, -0.1) is 0 Å². The van der Waals surface area contributed by atoms with Gasteiger partial charge in [0.2, 0.25) is 0 Å². The average Bonchev–Trinajstić information content (AvgIpc) is 2.34. The van der Waals surface area contributed by atoms with Crippen molar-refractivity contribution in [2.75, 3.05) is 34.9 Å². The lowest BCUT2D eigenvalue weighted by Gasteiger charge is -2.16. The van der Waals surface area contributed by atoms with Crippen molar-refractivity contribution in [3.8, 4) is 11.5 Å². The lowest BCUT2D eigenvalue weighted by molar-refractivity contribution is 0.154. The number of benzene rings is 1. The maximum absolute atomic E-state index is 10.0. The van der Waals surface area contributed by atoms with E-state index in [0.717, 1.165) is 12.1 Å². The highest BCUT2D eigenvalue weighted by Crippen LogP contribution is 2.30. The molecule has 4 heteroatoms. The smallest absolute Gasteiger partial charge is 0.161 e. The molecule has 0 fully saturated rings. The van der Waals surface area contributed by atoms with Crippen molar-refractivity contribution in [3.63, 3.8) is 0 Å². The van der Waals surface area contributed by atoms with Crippen LogP contribution < -0.4 is 9.47 Å². The van der Waals surface area contributed by atoms with E-state index in [0.29, 0.717) is 17.9 Å². The monoisotopic (exact) mass is 239 g/mol. The zero-order valence-electron chi connectivity index (χ0n) is 10.9. The van der Waals surface area contributed by atoms with E-state index >= 15 is 0 Å². The highest BCUT2D eigenvalue weighted by atomic mass is 16.5. The number of hydrogen-bond acceptors (Lipinski definition) is 4. The van der Waals surface area contributed by atoms with Crippen LogP contribution in [0.25, 0.3) is 0 Å². The van der Waals surface area contributed by atoms with Gasteiger partial charge in [0.1, 0.15) is 0 Å². The second kappa shape index (κ2) is 6.47. The maximum Gasteiger partial charge on any atom is 0.161 e. The number of aliphatic hydroxyl groups is 1. The molecule has 0 saturated carbocycles. The van der Waals surface area contributed by atoms with Gasteiger partial charge < -0.3 is 19.5 Å². The van der Waals surface area contributed by atoms with Gasteiger partial charge in [-0.2, -0.15) is 0 Å². The van der Waals surface area contributed by atoms with Crippen LogP contribution in [0.1, 0.15) is 18.1 Å². The van der Waals surface area contributed by atoms with Crippen molar-refractivity contribution in [2.24, 2.45) is 0 Å². The average molecular weight is 239 g/mol. The molecule has 1 aromatic rings. The summed E-state index contributed by atoms with van der Waals surface area (Å²) in [6.45, 7) is 0.843. The van der Waals surface area contributed by atoms with Gasteiger partial charge >= 0.3 is 0 Å². The molecule has 4 nitrogen and oxygen atoms in total. The second-order valence-corrected chi connectivity index (χ2v) is 4.22. The number of hydrogen-bond donors (Lipinski definition) is 1. The van der Waals surface area contributed by atoms with E-state index < -0.39 is 6.10 Å². The van der Waals surface area contributed by atoms with Crippen molar-refractivity contribution in [1.82, 2.24) is 4.90 Å². The van der Waals surface area contributed by atoms with Crippen LogP contribution >= 0.6 is 0 Å². The first kappa shape index (κ1) is 13.8. The number of methoxy groups -OCH3 is 2. The molecule has 0 heterocycles. The maximum atomic E-state index is 10.0. The number of nitrogens with zero attached hydrogens (tertiary/aromatic N) is 1. The van der Waals surface area contributed by atoms with Crippen LogP contribution in [-0.2, 0) is 0 Å². The van der Waals surface area contributed by atoms with Crippen LogP contribution in [0.4, 0.5) is 0 Å². The van der Waals surface area contributed by atoms with Gasteiger partial charge in [-0.05, 0) is 38.2 Å². The van der Waals surface area contributed by atoms with Gasteiger partial charge in [0.25, 0.3) is 0 Å². The summed E-state index contributed by atoms with van der Waals surface area (Å²) in [6, 6.07) is 5.49. The predicted octanol–water partition coefficient (Wildman–Crippen LogP) is 1.69. The van der Waals surface area contributed by atoms with E-state index in [1.54, 1.807) is 14.2 Å². The van der Waals surface area contributed by atoms with Gasteiger partial charge in [-0.1, -0.05) is 6.07 Å². The van der Waals surface area contributed by atoms with Crippen LogP contribution in [0, 0.1) is 0 Å². The zero-order chi connectivity index (χ0) is 12.8. The Morgan fingerprint density at radius 1 is 1.18 bits per heavy atom. The molecular formula is C13H21NO3. The Labute approximate surface area is 103 Å². The van der Waals surface area contributed by atoms with Gasteiger partial charge in [-0.25, -0.2) is 0 Å². The minimum absolute atomic E-state index is 0.475. The zero-order valence-corrected chi connectivity index (χ0v) is 10.9. The Kier molecular flexibility index (Phi) is 5.25. The topological polar surface area (TPSA) is 41.9 Å². The van der Waals surface area contributed by atoms with E-state index in [1.165, 1.54) is 0 Å². The summed E-state index contributed by atoms with van der Waals surface area (Å²) in [7, 11) is 7.16. The molecule has 1 rings (SSSR count). The summed E-state index contributed by atoms with van der Waals surface area (Å²) in [5.41, 5.74) is 0.851. The Hall–Kier alpha value is -1.26. The fourth-order valence-corrected chi connectivity index (χ4v) is 1.61. The molecule has 1 atom stereocenters. The summed E-state index contributed by atoms with van der Waals surface area (Å²) in [5.74, 6) is 1.32. The highest BCUT2D eigenvalue weighted by Gasteiger charge is 2.11. The fourth-order valence-electron chi connectivity index (χ4n) is 1.61. The minimum atomic E-state index is -0.475. The molecule has 0 aromatic heterocycles. The lowest BCUT2D eigenvalue weighted by atomic mass is 10.1. The number of ether oxygens (including phenoxy) is 2. The minimum Gasteiger partial charge on any atom is -0.493 e. The third kappa shape index (κ3) is 3.91. The number of rotatable bonds is 6. The molecule has 96 valence electrons. The van der Waals surface area contributed by atoms with Crippen LogP contribution in [0.2, 0.25) is 0 Å². The van der Waals surface area contributed by atoms with Crippen molar-refractivity contribution in [3.05, 3.63) is 23.8 Å². The Balaban J connectivity index is 2.77. The SMILES string of the molecule is COc1ccc(C(O)CCN(C)C)cc1OC. The molecule has 17 heavy (non-hydrogen) atoms. The molecule has 0 saturated heterocycles. The lowest BCUT2D eigenvalue weighted by Crippen LogP contribution is -2.15. The van der Waals surface area contributed by atoms with Gasteiger partial charge in [0, 0.05) is 6.54 Å². The van der Waals surface area contributed by atoms with Crippen molar-refractivity contribution in [1.29, 1.82) is 0 Å². The quantitative estimate of drug-likeness (QED) is 0.820. The standard InChI is InChI=1S/C13H21NO3/c1-14(2)8-7-11(15)10-5-6-12(16-3)13(9-10)17-4/h5-6,9,11,15H,7-8H2,1-4H3. The molecule has 0 radical (unpaired) electrons. The summed E-state index contributed by atoms with van der Waals surface area (Å²) >= 11 is 0. The summed E-state index contributed by atoms with van der Waals surface area (Å²) < 4.78 is 10.4. The summed E-state index contributed by atoms with van der Waals surface area (Å²) in [5, 5.41) is 10.0. The molecule has 1 aromatic carbocycles. The summed E-state index contributed by atoms with van der Waals surface area (Å²) in [4.78, 5) is 2.05. The largest absolute Gasteiger partial charge is 0.493 e. The molecule has 0 aliphatic rings. The molecule has 1 N–H and O–H groups in total. The molecular weight excluding hydrogens is 218 g/mol. The third-order valence-corrected chi connectivity index (χ3v) is 2.64. The molecule has 0 bridgehead atoms. The number of aliphatic hydroxyl groups excluding tert-OH is 1. The van der Waals surface area contributed by atoms with Crippen LogP contribution in [0.5, 0.6) is 11.5 Å². The molecule has 0 aliphatic heterocycles. The molecule has 0 spiro atoms. The highest BCUT2D eigenvalue weighted by molar-refractivity contribution is 5.43. The first-order chi connectivity index (χ1) is 8.08. The molecule has 0 amide bonds. The van der Waals surface area contributed by atoms with Gasteiger partial charge in [0.05, 0.1) is 20.3 Å². The Bertz CT molecular complexity index is 353. The van der Waals surface area contributed by atoms with E-state index in [1.807, 2.05) is 37.2 Å². The van der Waals surface area contributed by atoms with Crippen molar-refractivity contribution < 1.29 is 14.6 Å². The molecule has 0 aliphatic carbocycles. The van der Waals surface area contributed by atoms with Gasteiger partial charge in [0.15, 0.2) is 11.5 Å². The van der Waals surface area contributed by atoms with E-state index in [2.05, 4.69) is 0 Å². The summed E-state index contributed by atoms with van der Waals surface area (Å²) in [6.07, 6.45) is 0.222. The first-order valence-corrected chi connectivity index (χ1v) is 5.63. The Morgan fingerprint density at radius 2 is 1.82 bits per heavy atom. The third-order valence-electron chi connectivity index (χ3n) is 2.64. The van der Waals surface area contributed by atoms with Crippen LogP contribution in [0.15, 0.2) is 18.2 Å². The second-order valence-electron chi connectivity index (χ2n) is 4.22. The van der Waals surface area contributed by atoms with E-state index in [4.69, 9.17) is 9.47 Å². The predicted molar refractivity (Wildman–Crippen MR) is 67.7 cm³/mol. The van der Waals surface area contributed by atoms with Crippen molar-refractivity contribution in [2.45, 2.75) is 12.5 Å². The van der Waals surface area contributed by atoms with Crippen LogP contribution in [0.3, 0.4) is 0 Å². The van der Waals surface area contributed by atoms with Gasteiger partial charge in [-0.3, -0.25) is 0 Å². The van der Waals surface area contributed by atoms with Crippen LogP contribution in [-0.4, -0.2) is 44.9 Å².